The highest BCUT2D eigenvalue weighted by atomic mass is 16.5. The Bertz CT molecular complexity index is 644. The van der Waals surface area contributed by atoms with Gasteiger partial charge < -0.3 is 4.74 Å². The Labute approximate surface area is 99.0 Å². The molecule has 3 aromatic rings. The van der Waals surface area contributed by atoms with Crippen LogP contribution in [0.3, 0.4) is 0 Å². The number of H-pyrrole nitrogens is 1. The first-order valence-electron chi connectivity index (χ1n) is 5.44. The number of hydrogen-bond acceptors (Lipinski definition) is 2. The van der Waals surface area contributed by atoms with Crippen LogP contribution in [0.25, 0.3) is 21.9 Å². The summed E-state index contributed by atoms with van der Waals surface area (Å²) in [5, 5.41) is 9.16. The summed E-state index contributed by atoms with van der Waals surface area (Å²) in [5.74, 6) is 0.883. The lowest BCUT2D eigenvalue weighted by Gasteiger charge is -2.04. The van der Waals surface area contributed by atoms with Crippen LogP contribution in [0, 0.1) is 0 Å². The number of aromatic nitrogens is 2. The molecule has 17 heavy (non-hydrogen) atoms. The van der Waals surface area contributed by atoms with Crippen molar-refractivity contribution in [3.05, 3.63) is 48.8 Å². The molecule has 0 atom stereocenters. The molecule has 0 bridgehead atoms. The number of methoxy groups -OCH3 is 1. The highest BCUT2D eigenvalue weighted by molar-refractivity contribution is 5.88. The van der Waals surface area contributed by atoms with Gasteiger partial charge in [0.25, 0.3) is 0 Å². The Morgan fingerprint density at radius 3 is 2.59 bits per heavy atom. The third-order valence-electron chi connectivity index (χ3n) is 2.88. The second kappa shape index (κ2) is 3.94. The summed E-state index contributed by atoms with van der Waals surface area (Å²) in [6.45, 7) is 0. The van der Waals surface area contributed by atoms with E-state index in [9.17, 15) is 0 Å². The predicted octanol–water partition coefficient (Wildman–Crippen LogP) is 3.24. The van der Waals surface area contributed by atoms with Gasteiger partial charge in [0.15, 0.2) is 0 Å². The van der Waals surface area contributed by atoms with Crippen LogP contribution in [0.4, 0.5) is 0 Å². The summed E-state index contributed by atoms with van der Waals surface area (Å²) in [6.07, 6.45) is 3.72. The second-order valence-corrected chi connectivity index (χ2v) is 3.91. The van der Waals surface area contributed by atoms with Crippen LogP contribution in [-0.2, 0) is 0 Å². The third-order valence-corrected chi connectivity index (χ3v) is 2.88. The van der Waals surface area contributed by atoms with Crippen molar-refractivity contribution in [2.45, 2.75) is 0 Å². The average Bonchev–Trinajstić information content (AvgIpc) is 2.91. The number of fused-ring (bicyclic) bond motifs is 1. The highest BCUT2D eigenvalue weighted by Gasteiger charge is 2.01. The molecule has 84 valence electrons. The summed E-state index contributed by atoms with van der Waals surface area (Å²) >= 11 is 0. The van der Waals surface area contributed by atoms with Gasteiger partial charge >= 0.3 is 0 Å². The molecular weight excluding hydrogens is 212 g/mol. The van der Waals surface area contributed by atoms with Crippen molar-refractivity contribution in [2.75, 3.05) is 7.11 Å². The van der Waals surface area contributed by atoms with Gasteiger partial charge in [-0.3, -0.25) is 5.10 Å². The summed E-state index contributed by atoms with van der Waals surface area (Å²) in [4.78, 5) is 0. The first-order chi connectivity index (χ1) is 8.36. The van der Waals surface area contributed by atoms with Crippen molar-refractivity contribution in [3.8, 4) is 16.9 Å². The Morgan fingerprint density at radius 2 is 1.82 bits per heavy atom. The van der Waals surface area contributed by atoms with Crippen LogP contribution >= 0.6 is 0 Å². The lowest BCUT2D eigenvalue weighted by molar-refractivity contribution is 0.415. The lowest BCUT2D eigenvalue weighted by Crippen LogP contribution is -1.82. The minimum absolute atomic E-state index is 0.883. The van der Waals surface area contributed by atoms with E-state index < -0.39 is 0 Å². The number of benzene rings is 2. The molecule has 0 aliphatic heterocycles. The zero-order valence-corrected chi connectivity index (χ0v) is 9.47. The van der Waals surface area contributed by atoms with E-state index in [1.165, 1.54) is 10.8 Å². The van der Waals surface area contributed by atoms with Crippen LogP contribution in [0.2, 0.25) is 0 Å². The lowest BCUT2D eigenvalue weighted by atomic mass is 10.0. The van der Waals surface area contributed by atoms with Crippen LogP contribution in [0.5, 0.6) is 5.75 Å². The fraction of sp³-hybridized carbons (Fsp3) is 0.0714. The van der Waals surface area contributed by atoms with E-state index in [1.807, 2.05) is 24.5 Å². The van der Waals surface area contributed by atoms with E-state index in [4.69, 9.17) is 4.74 Å². The SMILES string of the molecule is COc1ccc2cc(-c3cn[nH]c3)ccc2c1. The first-order valence-corrected chi connectivity index (χ1v) is 5.44. The molecule has 1 aromatic heterocycles. The normalized spacial score (nSPS) is 10.6. The molecule has 1 heterocycles. The van der Waals surface area contributed by atoms with Crippen molar-refractivity contribution in [1.82, 2.24) is 10.2 Å². The smallest absolute Gasteiger partial charge is 0.119 e. The largest absolute Gasteiger partial charge is 0.497 e. The minimum Gasteiger partial charge on any atom is -0.497 e. The van der Waals surface area contributed by atoms with E-state index in [0.29, 0.717) is 0 Å². The average molecular weight is 224 g/mol. The zero-order valence-electron chi connectivity index (χ0n) is 9.47. The second-order valence-electron chi connectivity index (χ2n) is 3.91. The number of ether oxygens (including phenoxy) is 1. The van der Waals surface area contributed by atoms with Gasteiger partial charge in [-0.15, -0.1) is 0 Å². The molecule has 0 radical (unpaired) electrons. The summed E-state index contributed by atoms with van der Waals surface area (Å²) in [7, 11) is 1.68. The standard InChI is InChI=1S/C14H12N2O/c1-17-14-5-4-10-6-11(2-3-12(10)7-14)13-8-15-16-9-13/h2-9H,1H3,(H,15,16). The van der Waals surface area contributed by atoms with Crippen molar-refractivity contribution < 1.29 is 4.74 Å². The Morgan fingerprint density at radius 1 is 1.00 bits per heavy atom. The van der Waals surface area contributed by atoms with Gasteiger partial charge in [0.2, 0.25) is 0 Å². The Balaban J connectivity index is 2.14. The quantitative estimate of drug-likeness (QED) is 0.725. The molecule has 3 heteroatoms. The monoisotopic (exact) mass is 224 g/mol. The molecule has 0 fully saturated rings. The zero-order chi connectivity index (χ0) is 11.7. The summed E-state index contributed by atoms with van der Waals surface area (Å²) < 4.78 is 5.21. The maximum atomic E-state index is 5.21. The van der Waals surface area contributed by atoms with Gasteiger partial charge in [0, 0.05) is 11.8 Å². The van der Waals surface area contributed by atoms with Crippen LogP contribution < -0.4 is 4.74 Å². The fourth-order valence-corrected chi connectivity index (χ4v) is 1.94. The molecule has 2 aromatic carbocycles. The molecule has 0 aliphatic rings. The van der Waals surface area contributed by atoms with E-state index in [0.717, 1.165) is 16.9 Å². The van der Waals surface area contributed by atoms with Crippen LogP contribution in [0.15, 0.2) is 48.8 Å². The van der Waals surface area contributed by atoms with E-state index >= 15 is 0 Å². The minimum atomic E-state index is 0.883. The van der Waals surface area contributed by atoms with Crippen LogP contribution in [0.1, 0.15) is 0 Å². The molecule has 3 nitrogen and oxygen atoms in total. The van der Waals surface area contributed by atoms with Crippen molar-refractivity contribution in [3.63, 3.8) is 0 Å². The van der Waals surface area contributed by atoms with Gasteiger partial charge in [-0.1, -0.05) is 18.2 Å². The number of rotatable bonds is 2. The topological polar surface area (TPSA) is 37.9 Å². The number of hydrogen-bond donors (Lipinski definition) is 1. The third kappa shape index (κ3) is 1.76. The molecule has 0 aliphatic carbocycles. The fourth-order valence-electron chi connectivity index (χ4n) is 1.94. The predicted molar refractivity (Wildman–Crippen MR) is 68.1 cm³/mol. The van der Waals surface area contributed by atoms with Gasteiger partial charge in [-0.25, -0.2) is 0 Å². The number of nitrogens with zero attached hydrogens (tertiary/aromatic N) is 1. The highest BCUT2D eigenvalue weighted by Crippen LogP contribution is 2.26. The molecule has 0 saturated heterocycles. The summed E-state index contributed by atoms with van der Waals surface area (Å²) in [6, 6.07) is 12.4. The van der Waals surface area contributed by atoms with Crippen molar-refractivity contribution in [1.29, 1.82) is 0 Å². The molecule has 3 rings (SSSR count). The van der Waals surface area contributed by atoms with Crippen LogP contribution in [-0.4, -0.2) is 17.3 Å². The molecule has 0 unspecified atom stereocenters. The molecule has 0 amide bonds. The van der Waals surface area contributed by atoms with Gasteiger partial charge in [-0.05, 0) is 34.5 Å². The van der Waals surface area contributed by atoms with Crippen molar-refractivity contribution in [2.24, 2.45) is 0 Å². The van der Waals surface area contributed by atoms with E-state index in [-0.39, 0.29) is 0 Å². The molecular formula is C14H12N2O. The maximum Gasteiger partial charge on any atom is 0.119 e. The van der Waals surface area contributed by atoms with Gasteiger partial charge in [-0.2, -0.15) is 5.10 Å². The first kappa shape index (κ1) is 9.90. The molecule has 0 saturated carbocycles. The van der Waals surface area contributed by atoms with E-state index in [1.54, 1.807) is 7.11 Å². The van der Waals surface area contributed by atoms with Gasteiger partial charge in [0.1, 0.15) is 5.75 Å². The van der Waals surface area contributed by atoms with Crippen molar-refractivity contribution >= 4 is 10.8 Å². The molecule has 0 spiro atoms. The summed E-state index contributed by atoms with van der Waals surface area (Å²) in [5.41, 5.74) is 2.26. The van der Waals surface area contributed by atoms with Gasteiger partial charge in [0.05, 0.1) is 13.3 Å². The van der Waals surface area contributed by atoms with E-state index in [2.05, 4.69) is 34.5 Å². The Kier molecular flexibility index (Phi) is 2.29. The Hall–Kier alpha value is -2.29. The number of nitrogens with one attached hydrogen (secondary N) is 1. The molecule has 1 N–H and O–H groups in total. The number of aromatic amines is 1. The maximum absolute atomic E-state index is 5.21.